The Kier molecular flexibility index (Phi) is 4.14. The molecule has 0 aliphatic heterocycles. The van der Waals surface area contributed by atoms with Crippen LogP contribution in [0.4, 0.5) is 5.69 Å². The van der Waals surface area contributed by atoms with Gasteiger partial charge < -0.3 is 10.2 Å². The minimum absolute atomic E-state index is 0.211. The standard InChI is InChI=1S/C12H9BrN2O5S/c13-11-9(2-1-5-14-11)15-21(19,20)7-3-4-10(16)8(6-7)12(17)18/h1-6,15-16H,(H,17,18). The van der Waals surface area contributed by atoms with Crippen LogP contribution in [0.2, 0.25) is 0 Å². The average Bonchev–Trinajstić information content (AvgIpc) is 2.41. The van der Waals surface area contributed by atoms with Crippen molar-refractivity contribution in [2.24, 2.45) is 0 Å². The number of hydrogen-bond acceptors (Lipinski definition) is 5. The second-order valence-corrected chi connectivity index (χ2v) is 6.36. The van der Waals surface area contributed by atoms with Crippen molar-refractivity contribution in [2.75, 3.05) is 4.72 Å². The van der Waals surface area contributed by atoms with Crippen LogP contribution in [0, 0.1) is 0 Å². The molecule has 0 unspecified atom stereocenters. The first kappa shape index (κ1) is 15.3. The summed E-state index contributed by atoms with van der Waals surface area (Å²) in [5.41, 5.74) is -0.287. The number of pyridine rings is 1. The fraction of sp³-hybridized carbons (Fsp3) is 0. The Labute approximate surface area is 128 Å². The maximum atomic E-state index is 12.2. The van der Waals surface area contributed by atoms with E-state index in [0.717, 1.165) is 18.2 Å². The molecule has 7 nitrogen and oxygen atoms in total. The predicted molar refractivity (Wildman–Crippen MR) is 77.8 cm³/mol. The molecule has 0 spiro atoms. The van der Waals surface area contributed by atoms with Gasteiger partial charge in [-0.1, -0.05) is 0 Å². The second kappa shape index (κ2) is 5.70. The number of phenols is 1. The molecule has 2 aromatic rings. The monoisotopic (exact) mass is 372 g/mol. The van der Waals surface area contributed by atoms with Gasteiger partial charge in [0.15, 0.2) is 0 Å². The lowest BCUT2D eigenvalue weighted by atomic mass is 10.2. The summed E-state index contributed by atoms with van der Waals surface area (Å²) in [6.07, 6.45) is 1.48. The molecule has 0 atom stereocenters. The molecule has 21 heavy (non-hydrogen) atoms. The van der Waals surface area contributed by atoms with Gasteiger partial charge in [-0.25, -0.2) is 18.2 Å². The molecule has 110 valence electrons. The Bertz CT molecular complexity index is 807. The third-order valence-corrected chi connectivity index (χ3v) is 4.51. The first-order valence-electron chi connectivity index (χ1n) is 5.51. The highest BCUT2D eigenvalue weighted by atomic mass is 79.9. The number of rotatable bonds is 4. The highest BCUT2D eigenvalue weighted by Crippen LogP contribution is 2.25. The molecule has 1 aromatic heterocycles. The number of sulfonamides is 1. The topological polar surface area (TPSA) is 117 Å². The number of aromatic carboxylic acids is 1. The van der Waals surface area contributed by atoms with E-state index in [0.29, 0.717) is 4.60 Å². The van der Waals surface area contributed by atoms with Crippen LogP contribution in [0.5, 0.6) is 5.75 Å². The number of anilines is 1. The van der Waals surface area contributed by atoms with Crippen molar-refractivity contribution in [3.63, 3.8) is 0 Å². The van der Waals surface area contributed by atoms with Gasteiger partial charge in [-0.15, -0.1) is 0 Å². The summed E-state index contributed by atoms with van der Waals surface area (Å²) in [5.74, 6) is -1.93. The van der Waals surface area contributed by atoms with E-state index in [1.54, 1.807) is 6.07 Å². The van der Waals surface area contributed by atoms with Crippen molar-refractivity contribution in [3.05, 3.63) is 46.7 Å². The van der Waals surface area contributed by atoms with Crippen LogP contribution < -0.4 is 4.72 Å². The van der Waals surface area contributed by atoms with Crippen molar-refractivity contribution < 1.29 is 23.4 Å². The summed E-state index contributed by atoms with van der Waals surface area (Å²) < 4.78 is 27.0. The number of nitrogens with zero attached hydrogens (tertiary/aromatic N) is 1. The van der Waals surface area contributed by atoms with Crippen molar-refractivity contribution in [2.45, 2.75) is 4.90 Å². The number of carboxylic acids is 1. The lowest BCUT2D eigenvalue weighted by Crippen LogP contribution is -2.14. The van der Waals surface area contributed by atoms with Crippen molar-refractivity contribution in [1.29, 1.82) is 0 Å². The number of hydrogen-bond donors (Lipinski definition) is 3. The third kappa shape index (κ3) is 3.31. The second-order valence-electron chi connectivity index (χ2n) is 3.93. The zero-order valence-electron chi connectivity index (χ0n) is 10.3. The molecular formula is C12H9BrN2O5S. The average molecular weight is 373 g/mol. The van der Waals surface area contributed by atoms with E-state index in [1.165, 1.54) is 12.3 Å². The molecular weight excluding hydrogens is 364 g/mol. The molecule has 1 heterocycles. The number of carboxylic acid groups (broad SMARTS) is 1. The molecule has 3 N–H and O–H groups in total. The van der Waals surface area contributed by atoms with Crippen LogP contribution in [0.3, 0.4) is 0 Å². The summed E-state index contributed by atoms with van der Waals surface area (Å²) in [4.78, 5) is 14.5. The molecule has 0 radical (unpaired) electrons. The molecule has 2 rings (SSSR count). The molecule has 0 fully saturated rings. The molecule has 0 saturated carbocycles. The fourth-order valence-corrected chi connectivity index (χ4v) is 3.09. The molecule has 1 aromatic carbocycles. The van der Waals surface area contributed by atoms with Crippen LogP contribution in [-0.4, -0.2) is 29.6 Å². The summed E-state index contributed by atoms with van der Waals surface area (Å²) in [6.45, 7) is 0. The minimum atomic E-state index is -4.00. The van der Waals surface area contributed by atoms with Crippen LogP contribution in [0.1, 0.15) is 10.4 Å². The van der Waals surface area contributed by atoms with E-state index in [-0.39, 0.29) is 10.6 Å². The number of benzene rings is 1. The van der Waals surface area contributed by atoms with E-state index >= 15 is 0 Å². The van der Waals surface area contributed by atoms with Crippen molar-refractivity contribution >= 4 is 37.6 Å². The van der Waals surface area contributed by atoms with Gasteiger partial charge in [0.2, 0.25) is 0 Å². The van der Waals surface area contributed by atoms with Gasteiger partial charge in [-0.2, -0.15) is 0 Å². The Balaban J connectivity index is 2.43. The van der Waals surface area contributed by atoms with E-state index in [1.807, 2.05) is 0 Å². The smallest absolute Gasteiger partial charge is 0.339 e. The SMILES string of the molecule is O=C(O)c1cc(S(=O)(=O)Nc2cccnc2Br)ccc1O. The van der Waals surface area contributed by atoms with Gasteiger partial charge in [0, 0.05) is 6.20 Å². The number of carbonyl (C=O) groups is 1. The zero-order chi connectivity index (χ0) is 15.6. The lowest BCUT2D eigenvalue weighted by molar-refractivity contribution is 0.0693. The van der Waals surface area contributed by atoms with Crippen LogP contribution >= 0.6 is 15.9 Å². The van der Waals surface area contributed by atoms with Gasteiger partial charge in [0.25, 0.3) is 10.0 Å². The van der Waals surface area contributed by atoms with Gasteiger partial charge in [-0.3, -0.25) is 4.72 Å². The summed E-state index contributed by atoms with van der Waals surface area (Å²) in [7, 11) is -4.00. The Morgan fingerprint density at radius 2 is 2.00 bits per heavy atom. The Morgan fingerprint density at radius 1 is 1.29 bits per heavy atom. The highest BCUT2D eigenvalue weighted by Gasteiger charge is 2.19. The van der Waals surface area contributed by atoms with Gasteiger partial charge in [0.1, 0.15) is 15.9 Å². The predicted octanol–water partition coefficient (Wildman–Crippen LogP) is 2.05. The number of nitrogens with one attached hydrogen (secondary N) is 1. The number of aromatic hydroxyl groups is 1. The summed E-state index contributed by atoms with van der Waals surface area (Å²) >= 11 is 3.10. The molecule has 0 amide bonds. The largest absolute Gasteiger partial charge is 0.507 e. The molecule has 0 saturated heterocycles. The number of halogens is 1. The minimum Gasteiger partial charge on any atom is -0.507 e. The van der Waals surface area contributed by atoms with Crippen molar-refractivity contribution in [3.8, 4) is 5.75 Å². The van der Waals surface area contributed by atoms with E-state index in [2.05, 4.69) is 25.6 Å². The fourth-order valence-electron chi connectivity index (χ4n) is 1.52. The maximum Gasteiger partial charge on any atom is 0.339 e. The zero-order valence-corrected chi connectivity index (χ0v) is 12.7. The Morgan fingerprint density at radius 3 is 2.62 bits per heavy atom. The van der Waals surface area contributed by atoms with Crippen LogP contribution in [-0.2, 0) is 10.0 Å². The third-order valence-electron chi connectivity index (χ3n) is 2.51. The number of aromatic nitrogens is 1. The molecule has 0 aliphatic rings. The lowest BCUT2D eigenvalue weighted by Gasteiger charge is -2.10. The first-order valence-corrected chi connectivity index (χ1v) is 7.78. The molecule has 0 bridgehead atoms. The van der Waals surface area contributed by atoms with Gasteiger partial charge in [-0.05, 0) is 46.3 Å². The van der Waals surface area contributed by atoms with Crippen LogP contribution in [0.25, 0.3) is 0 Å². The maximum absolute atomic E-state index is 12.2. The van der Waals surface area contributed by atoms with Crippen LogP contribution in [0.15, 0.2) is 46.0 Å². The van der Waals surface area contributed by atoms with Gasteiger partial charge >= 0.3 is 5.97 Å². The Hall–Kier alpha value is -2.13. The van der Waals surface area contributed by atoms with E-state index < -0.39 is 27.3 Å². The normalized spacial score (nSPS) is 11.1. The molecule has 0 aliphatic carbocycles. The van der Waals surface area contributed by atoms with E-state index in [4.69, 9.17) is 5.11 Å². The first-order chi connectivity index (χ1) is 9.81. The molecule has 9 heteroatoms. The van der Waals surface area contributed by atoms with Crippen molar-refractivity contribution in [1.82, 2.24) is 4.98 Å². The van der Waals surface area contributed by atoms with Gasteiger partial charge in [0.05, 0.1) is 10.6 Å². The summed E-state index contributed by atoms with van der Waals surface area (Å²) in [5, 5.41) is 18.3. The quantitative estimate of drug-likeness (QED) is 0.707. The summed E-state index contributed by atoms with van der Waals surface area (Å²) in [6, 6.07) is 6.03. The van der Waals surface area contributed by atoms with E-state index in [9.17, 15) is 18.3 Å². The highest BCUT2D eigenvalue weighted by molar-refractivity contribution is 9.10.